The van der Waals surface area contributed by atoms with Gasteiger partial charge in [0.25, 0.3) is 0 Å². The minimum Gasteiger partial charge on any atom is -0.395 e. The molecule has 3 N–H and O–H groups in total. The number of aliphatic hydroxyl groups is 1. The van der Waals surface area contributed by atoms with Crippen molar-refractivity contribution in [1.29, 1.82) is 0 Å². The van der Waals surface area contributed by atoms with Crippen LogP contribution in [0.25, 0.3) is 0 Å². The van der Waals surface area contributed by atoms with Crippen molar-refractivity contribution in [1.82, 2.24) is 9.80 Å². The molecule has 0 aromatic rings. The summed E-state index contributed by atoms with van der Waals surface area (Å²) >= 11 is 5.10. The van der Waals surface area contributed by atoms with Crippen molar-refractivity contribution in [3.05, 3.63) is 0 Å². The van der Waals surface area contributed by atoms with Crippen LogP contribution in [0.2, 0.25) is 0 Å². The fraction of sp³-hybridized carbons (Fsp3) is 0.923. The third-order valence-corrected chi connectivity index (χ3v) is 4.37. The summed E-state index contributed by atoms with van der Waals surface area (Å²) in [4.78, 5) is 5.43. The lowest BCUT2D eigenvalue weighted by Gasteiger charge is -2.28. The summed E-state index contributed by atoms with van der Waals surface area (Å²) in [7, 11) is 0. The van der Waals surface area contributed by atoms with Crippen LogP contribution in [0.1, 0.15) is 26.7 Å². The molecule has 1 aliphatic rings. The first-order valence-electron chi connectivity index (χ1n) is 6.81. The number of β-amino-alcohol motifs (C(OH)–C–C–N with tert-alkyl or cyclic N) is 1. The zero-order valence-electron chi connectivity index (χ0n) is 11.7. The van der Waals surface area contributed by atoms with Gasteiger partial charge in [-0.05, 0) is 32.5 Å². The summed E-state index contributed by atoms with van der Waals surface area (Å²) in [6.07, 6.45) is 2.19. The predicted molar refractivity (Wildman–Crippen MR) is 79.8 cm³/mol. The fourth-order valence-corrected chi connectivity index (χ4v) is 2.28. The van der Waals surface area contributed by atoms with E-state index in [4.69, 9.17) is 23.1 Å². The minimum absolute atomic E-state index is 0.0492. The van der Waals surface area contributed by atoms with Crippen LogP contribution < -0.4 is 5.73 Å². The number of aliphatic hydroxyl groups excluding tert-OH is 1. The molecule has 0 radical (unpaired) electrons. The monoisotopic (exact) mass is 273 g/mol. The summed E-state index contributed by atoms with van der Waals surface area (Å²) in [5.41, 5.74) is 5.71. The maximum atomic E-state index is 8.96. The van der Waals surface area contributed by atoms with Crippen LogP contribution in [0.4, 0.5) is 0 Å². The Morgan fingerprint density at radius 1 is 1.17 bits per heavy atom. The first-order chi connectivity index (χ1) is 8.45. The molecule has 0 saturated carbocycles. The second kappa shape index (κ2) is 7.38. The first-order valence-corrected chi connectivity index (χ1v) is 7.22. The van der Waals surface area contributed by atoms with Gasteiger partial charge in [0.15, 0.2) is 0 Å². The smallest absolute Gasteiger partial charge is 0.0784 e. The third-order valence-electron chi connectivity index (χ3n) is 3.82. The topological polar surface area (TPSA) is 52.7 Å². The Labute approximate surface area is 116 Å². The molecule has 18 heavy (non-hydrogen) atoms. The lowest BCUT2D eigenvalue weighted by Crippen LogP contribution is -2.37. The van der Waals surface area contributed by atoms with Gasteiger partial charge >= 0.3 is 0 Å². The van der Waals surface area contributed by atoms with E-state index in [-0.39, 0.29) is 12.0 Å². The van der Waals surface area contributed by atoms with Crippen molar-refractivity contribution in [2.75, 3.05) is 45.9 Å². The number of rotatable bonds is 6. The summed E-state index contributed by atoms with van der Waals surface area (Å²) in [5.74, 6) is 0. The molecule has 1 fully saturated rings. The van der Waals surface area contributed by atoms with Crippen molar-refractivity contribution >= 4 is 17.2 Å². The molecule has 0 bridgehead atoms. The van der Waals surface area contributed by atoms with Crippen LogP contribution in [-0.2, 0) is 0 Å². The molecule has 0 aromatic heterocycles. The molecule has 1 heterocycles. The van der Waals surface area contributed by atoms with Gasteiger partial charge in [-0.1, -0.05) is 26.1 Å². The molecule has 4 nitrogen and oxygen atoms in total. The molecule has 1 rings (SSSR count). The maximum absolute atomic E-state index is 8.96. The highest BCUT2D eigenvalue weighted by Crippen LogP contribution is 2.21. The zero-order valence-corrected chi connectivity index (χ0v) is 12.5. The highest BCUT2D eigenvalue weighted by atomic mass is 32.1. The Hall–Kier alpha value is -0.230. The predicted octanol–water partition coefficient (Wildman–Crippen LogP) is 0.689. The Morgan fingerprint density at radius 3 is 2.22 bits per heavy atom. The van der Waals surface area contributed by atoms with Crippen molar-refractivity contribution in [2.24, 2.45) is 11.1 Å². The van der Waals surface area contributed by atoms with Crippen LogP contribution in [0.15, 0.2) is 0 Å². The Bertz CT molecular complexity index is 271. The van der Waals surface area contributed by atoms with E-state index in [1.165, 1.54) is 6.42 Å². The van der Waals surface area contributed by atoms with Gasteiger partial charge in [-0.3, -0.25) is 4.90 Å². The Balaban J connectivity index is 2.33. The molecule has 0 atom stereocenters. The highest BCUT2D eigenvalue weighted by molar-refractivity contribution is 7.80. The fourth-order valence-electron chi connectivity index (χ4n) is 2.17. The number of hydrogen-bond donors (Lipinski definition) is 2. The Kier molecular flexibility index (Phi) is 6.49. The molecule has 0 spiro atoms. The highest BCUT2D eigenvalue weighted by Gasteiger charge is 2.23. The average Bonchev–Trinajstić information content (AvgIpc) is 2.52. The van der Waals surface area contributed by atoms with E-state index in [2.05, 4.69) is 23.6 Å². The standard InChI is InChI=1S/C13H27N3OS/c1-13(2,12(14)18)4-7-15-5-3-6-16(9-8-15)10-11-17/h17H,3-11H2,1-2H3,(H2,14,18). The normalized spacial score (nSPS) is 19.7. The second-order valence-electron chi connectivity index (χ2n) is 5.76. The largest absolute Gasteiger partial charge is 0.395 e. The molecule has 0 unspecified atom stereocenters. The van der Waals surface area contributed by atoms with Gasteiger partial charge in [0, 0.05) is 25.0 Å². The van der Waals surface area contributed by atoms with Crippen LogP contribution in [0, 0.1) is 5.41 Å². The van der Waals surface area contributed by atoms with Crippen molar-refractivity contribution in [3.8, 4) is 0 Å². The summed E-state index contributed by atoms with van der Waals surface area (Å²) in [5, 5.41) is 8.96. The number of thiocarbonyl (C=S) groups is 1. The molecule has 0 aliphatic carbocycles. The van der Waals surface area contributed by atoms with Crippen molar-refractivity contribution in [2.45, 2.75) is 26.7 Å². The van der Waals surface area contributed by atoms with E-state index in [1.807, 2.05) is 0 Å². The lowest BCUT2D eigenvalue weighted by atomic mass is 9.89. The molecular formula is C13H27N3OS. The average molecular weight is 273 g/mol. The zero-order chi connectivity index (χ0) is 13.6. The van der Waals surface area contributed by atoms with E-state index in [1.54, 1.807) is 0 Å². The quantitative estimate of drug-likeness (QED) is 0.697. The molecule has 5 heteroatoms. The maximum Gasteiger partial charge on any atom is 0.0784 e. The molecule has 1 saturated heterocycles. The van der Waals surface area contributed by atoms with Gasteiger partial charge in [-0.2, -0.15) is 0 Å². The van der Waals surface area contributed by atoms with E-state index < -0.39 is 0 Å². The van der Waals surface area contributed by atoms with E-state index in [9.17, 15) is 0 Å². The van der Waals surface area contributed by atoms with Crippen LogP contribution >= 0.6 is 12.2 Å². The van der Waals surface area contributed by atoms with Gasteiger partial charge in [-0.25, -0.2) is 0 Å². The van der Waals surface area contributed by atoms with E-state index in [0.29, 0.717) is 4.99 Å². The number of hydrogen-bond acceptors (Lipinski definition) is 4. The molecule has 106 valence electrons. The molecular weight excluding hydrogens is 246 g/mol. The van der Waals surface area contributed by atoms with Crippen LogP contribution in [0.5, 0.6) is 0 Å². The molecule has 0 amide bonds. The van der Waals surface area contributed by atoms with Gasteiger partial charge in [0.05, 0.1) is 11.6 Å². The Morgan fingerprint density at radius 2 is 1.72 bits per heavy atom. The van der Waals surface area contributed by atoms with Crippen LogP contribution in [-0.4, -0.2) is 65.8 Å². The van der Waals surface area contributed by atoms with Gasteiger partial charge in [0.2, 0.25) is 0 Å². The van der Waals surface area contributed by atoms with E-state index >= 15 is 0 Å². The van der Waals surface area contributed by atoms with Gasteiger partial charge in [0.1, 0.15) is 0 Å². The minimum atomic E-state index is -0.0492. The van der Waals surface area contributed by atoms with Crippen molar-refractivity contribution in [3.63, 3.8) is 0 Å². The third kappa shape index (κ3) is 5.18. The second-order valence-corrected chi connectivity index (χ2v) is 6.20. The number of nitrogens with two attached hydrogens (primary N) is 1. The molecule has 0 aromatic carbocycles. The van der Waals surface area contributed by atoms with Crippen molar-refractivity contribution < 1.29 is 5.11 Å². The summed E-state index contributed by atoms with van der Waals surface area (Å²) in [6, 6.07) is 0. The van der Waals surface area contributed by atoms with Crippen LogP contribution in [0.3, 0.4) is 0 Å². The molecule has 1 aliphatic heterocycles. The summed E-state index contributed by atoms with van der Waals surface area (Å²) < 4.78 is 0. The number of nitrogens with zero attached hydrogens (tertiary/aromatic N) is 2. The van der Waals surface area contributed by atoms with Gasteiger partial charge in [-0.15, -0.1) is 0 Å². The van der Waals surface area contributed by atoms with E-state index in [0.717, 1.165) is 45.7 Å². The first kappa shape index (κ1) is 15.8. The SMILES string of the molecule is CC(C)(CCN1CCCN(CCO)CC1)C(N)=S. The lowest BCUT2D eigenvalue weighted by molar-refractivity contribution is 0.194. The van der Waals surface area contributed by atoms with Gasteiger partial charge < -0.3 is 15.7 Å². The summed E-state index contributed by atoms with van der Waals surface area (Å²) in [6.45, 7) is 10.7.